The third kappa shape index (κ3) is 0.853. The molecule has 1 aliphatic rings. The summed E-state index contributed by atoms with van der Waals surface area (Å²) >= 11 is 0. The zero-order valence-electron chi connectivity index (χ0n) is 4.11. The third-order valence-electron chi connectivity index (χ3n) is 0.824. The predicted octanol–water partition coefficient (Wildman–Crippen LogP) is -1.20. The van der Waals surface area contributed by atoms with Crippen LogP contribution < -0.4 is 5.43 Å². The van der Waals surface area contributed by atoms with Gasteiger partial charge in [-0.05, 0) is 6.08 Å². The van der Waals surface area contributed by atoms with Crippen molar-refractivity contribution in [3.05, 3.63) is 12.3 Å². The molecule has 0 spiro atoms. The second-order valence-corrected chi connectivity index (χ2v) is 1.43. The second-order valence-electron chi connectivity index (χ2n) is 1.43. The normalized spacial score (nSPS) is 26.6. The van der Waals surface area contributed by atoms with E-state index in [0.29, 0.717) is 6.41 Å². The Morgan fingerprint density at radius 2 is 2.62 bits per heavy atom. The minimum absolute atomic E-state index is 0.576. The van der Waals surface area contributed by atoms with Crippen molar-refractivity contribution in [3.63, 3.8) is 0 Å². The predicted molar refractivity (Wildman–Crippen MR) is 26.2 cm³/mol. The van der Waals surface area contributed by atoms with Gasteiger partial charge >= 0.3 is 0 Å². The van der Waals surface area contributed by atoms with Gasteiger partial charge in [0.2, 0.25) is 6.41 Å². The smallest absolute Gasteiger partial charge is 0.228 e. The van der Waals surface area contributed by atoms with E-state index in [9.17, 15) is 4.79 Å². The van der Waals surface area contributed by atoms with Crippen molar-refractivity contribution in [2.75, 3.05) is 0 Å². The number of hydrogen-bond donors (Lipinski definition) is 2. The molecular weight excluding hydrogens is 108 g/mol. The van der Waals surface area contributed by atoms with Crippen molar-refractivity contribution in [2.45, 2.75) is 6.23 Å². The first-order valence-electron chi connectivity index (χ1n) is 2.19. The summed E-state index contributed by atoms with van der Waals surface area (Å²) in [5.74, 6) is 0. The summed E-state index contributed by atoms with van der Waals surface area (Å²) in [7, 11) is 0. The highest BCUT2D eigenvalue weighted by Crippen LogP contribution is 1.93. The summed E-state index contributed by atoms with van der Waals surface area (Å²) in [6.07, 6.45) is 2.79. The molecule has 2 N–H and O–H groups in total. The first kappa shape index (κ1) is 5.27. The van der Waals surface area contributed by atoms with Crippen molar-refractivity contribution in [1.29, 1.82) is 0 Å². The number of hydrogen-bond acceptors (Lipinski definition) is 3. The maximum Gasteiger partial charge on any atom is 0.228 e. The van der Waals surface area contributed by atoms with Crippen LogP contribution in [-0.4, -0.2) is 22.8 Å². The number of nitrogens with one attached hydrogen (secondary N) is 1. The lowest BCUT2D eigenvalue weighted by Crippen LogP contribution is -2.33. The zero-order chi connectivity index (χ0) is 5.98. The Balaban J connectivity index is 2.45. The molecule has 0 bridgehead atoms. The van der Waals surface area contributed by atoms with Gasteiger partial charge in [-0.3, -0.25) is 9.80 Å². The first-order chi connectivity index (χ1) is 3.83. The lowest BCUT2D eigenvalue weighted by molar-refractivity contribution is -0.119. The van der Waals surface area contributed by atoms with E-state index in [1.54, 1.807) is 0 Å². The van der Waals surface area contributed by atoms with Gasteiger partial charge in [0, 0.05) is 6.20 Å². The van der Waals surface area contributed by atoms with Crippen molar-refractivity contribution >= 4 is 6.41 Å². The quantitative estimate of drug-likeness (QED) is 0.421. The second kappa shape index (κ2) is 1.94. The summed E-state index contributed by atoms with van der Waals surface area (Å²) in [5, 5.41) is 9.78. The molecule has 0 aliphatic carbocycles. The molecule has 1 amide bonds. The van der Waals surface area contributed by atoms with Gasteiger partial charge in [0.25, 0.3) is 0 Å². The number of aliphatic hydroxyl groups excluding tert-OH is 1. The zero-order valence-corrected chi connectivity index (χ0v) is 4.11. The Hall–Kier alpha value is -0.870. The summed E-state index contributed by atoms with van der Waals surface area (Å²) in [6, 6.07) is 0. The molecule has 0 radical (unpaired) electrons. The van der Waals surface area contributed by atoms with Crippen LogP contribution in [0.3, 0.4) is 0 Å². The molecule has 0 aromatic carbocycles. The maximum absolute atomic E-state index is 9.85. The standard InChI is InChI=1S/C4H6N2O2/c7-3-6-2-1-4(8)5-6/h1-5,8H. The van der Waals surface area contributed by atoms with Crippen molar-refractivity contribution in [3.8, 4) is 0 Å². The van der Waals surface area contributed by atoms with E-state index in [4.69, 9.17) is 5.11 Å². The van der Waals surface area contributed by atoms with Gasteiger partial charge in [0.05, 0.1) is 0 Å². The molecule has 0 saturated heterocycles. The Labute approximate surface area is 46.4 Å². The van der Waals surface area contributed by atoms with E-state index >= 15 is 0 Å². The highest BCUT2D eigenvalue weighted by molar-refractivity contribution is 5.48. The number of rotatable bonds is 1. The summed E-state index contributed by atoms with van der Waals surface area (Å²) in [5.41, 5.74) is 2.41. The molecule has 8 heavy (non-hydrogen) atoms. The Kier molecular flexibility index (Phi) is 1.27. The Morgan fingerprint density at radius 1 is 1.88 bits per heavy atom. The Morgan fingerprint density at radius 3 is 2.88 bits per heavy atom. The fourth-order valence-corrected chi connectivity index (χ4v) is 0.479. The van der Waals surface area contributed by atoms with E-state index in [-0.39, 0.29) is 0 Å². The fraction of sp³-hybridized carbons (Fsp3) is 0.250. The first-order valence-corrected chi connectivity index (χ1v) is 2.19. The highest BCUT2D eigenvalue weighted by atomic mass is 16.3. The lowest BCUT2D eigenvalue weighted by Gasteiger charge is -2.06. The van der Waals surface area contributed by atoms with Gasteiger partial charge in [-0.2, -0.15) is 5.43 Å². The monoisotopic (exact) mass is 114 g/mol. The van der Waals surface area contributed by atoms with E-state index in [1.165, 1.54) is 12.3 Å². The highest BCUT2D eigenvalue weighted by Gasteiger charge is 2.08. The van der Waals surface area contributed by atoms with Crippen LogP contribution in [0, 0.1) is 0 Å². The molecule has 0 saturated carbocycles. The maximum atomic E-state index is 9.85. The van der Waals surface area contributed by atoms with Crippen LogP contribution >= 0.6 is 0 Å². The minimum Gasteiger partial charge on any atom is -0.373 e. The average Bonchev–Trinajstić information content (AvgIpc) is 2.14. The number of carbonyl (C=O) groups excluding carboxylic acids is 1. The van der Waals surface area contributed by atoms with E-state index < -0.39 is 6.23 Å². The molecule has 1 atom stereocenters. The number of carbonyl (C=O) groups is 1. The number of aliphatic hydroxyl groups is 1. The van der Waals surface area contributed by atoms with Crippen LogP contribution in [0.15, 0.2) is 12.3 Å². The number of hydrazine groups is 1. The Bertz CT molecular complexity index is 123. The third-order valence-corrected chi connectivity index (χ3v) is 0.824. The topological polar surface area (TPSA) is 52.6 Å². The average molecular weight is 114 g/mol. The van der Waals surface area contributed by atoms with Gasteiger partial charge in [-0.1, -0.05) is 0 Å². The van der Waals surface area contributed by atoms with Gasteiger partial charge in [0.1, 0.15) is 6.23 Å². The SMILES string of the molecule is O=CN1C=CC(O)N1. The molecule has 44 valence electrons. The van der Waals surface area contributed by atoms with Crippen molar-refractivity contribution in [2.24, 2.45) is 0 Å². The molecule has 0 aromatic rings. The summed E-state index contributed by atoms with van der Waals surface area (Å²) in [6.45, 7) is 0. The van der Waals surface area contributed by atoms with Crippen molar-refractivity contribution in [1.82, 2.24) is 10.4 Å². The summed E-state index contributed by atoms with van der Waals surface area (Å²) in [4.78, 5) is 9.85. The van der Waals surface area contributed by atoms with Crippen molar-refractivity contribution < 1.29 is 9.90 Å². The van der Waals surface area contributed by atoms with Gasteiger partial charge in [-0.25, -0.2) is 0 Å². The van der Waals surface area contributed by atoms with Crippen LogP contribution in [-0.2, 0) is 4.79 Å². The molecule has 1 unspecified atom stereocenters. The number of amides is 1. The van der Waals surface area contributed by atoms with Gasteiger partial charge < -0.3 is 5.11 Å². The molecule has 4 heteroatoms. The molecular formula is C4H6N2O2. The van der Waals surface area contributed by atoms with E-state index in [2.05, 4.69) is 5.43 Å². The minimum atomic E-state index is -0.708. The van der Waals surface area contributed by atoms with Crippen LogP contribution in [0.5, 0.6) is 0 Å². The largest absolute Gasteiger partial charge is 0.373 e. The van der Waals surface area contributed by atoms with Crippen LogP contribution in [0.25, 0.3) is 0 Å². The lowest BCUT2D eigenvalue weighted by atomic mass is 10.6. The molecule has 1 heterocycles. The van der Waals surface area contributed by atoms with E-state index in [0.717, 1.165) is 5.01 Å². The molecule has 1 aliphatic heterocycles. The van der Waals surface area contributed by atoms with Gasteiger partial charge in [-0.15, -0.1) is 0 Å². The van der Waals surface area contributed by atoms with E-state index in [1.807, 2.05) is 0 Å². The molecule has 1 rings (SSSR count). The number of nitrogens with zero attached hydrogens (tertiary/aromatic N) is 1. The molecule has 0 aromatic heterocycles. The fourth-order valence-electron chi connectivity index (χ4n) is 0.479. The summed E-state index contributed by atoms with van der Waals surface area (Å²) < 4.78 is 0. The van der Waals surface area contributed by atoms with Crippen LogP contribution in [0.4, 0.5) is 0 Å². The van der Waals surface area contributed by atoms with Gasteiger partial charge in [0.15, 0.2) is 0 Å². The molecule has 0 fully saturated rings. The van der Waals surface area contributed by atoms with Crippen LogP contribution in [0.2, 0.25) is 0 Å². The molecule has 4 nitrogen and oxygen atoms in total. The van der Waals surface area contributed by atoms with Crippen LogP contribution in [0.1, 0.15) is 0 Å².